The summed E-state index contributed by atoms with van der Waals surface area (Å²) in [5, 5.41) is 8.85. The Morgan fingerprint density at radius 1 is 1.32 bits per heavy atom. The highest BCUT2D eigenvalue weighted by atomic mass is 16.5. The lowest BCUT2D eigenvalue weighted by Crippen LogP contribution is -2.41. The van der Waals surface area contributed by atoms with Crippen LogP contribution in [0, 0.1) is 0 Å². The highest BCUT2D eigenvalue weighted by Gasteiger charge is 2.26. The van der Waals surface area contributed by atoms with E-state index in [9.17, 15) is 4.79 Å². The van der Waals surface area contributed by atoms with Gasteiger partial charge in [-0.3, -0.25) is 14.6 Å². The first-order chi connectivity index (χ1) is 8.84. The summed E-state index contributed by atoms with van der Waals surface area (Å²) in [4.78, 5) is 15.2. The molecule has 0 radical (unpaired) electrons. The van der Waals surface area contributed by atoms with Crippen LogP contribution in [0.2, 0.25) is 0 Å². The number of nitrogens with zero attached hydrogens (tertiary/aromatic N) is 2. The largest absolute Gasteiger partial charge is 0.480 e. The zero-order valence-corrected chi connectivity index (χ0v) is 12.7. The highest BCUT2D eigenvalue weighted by Crippen LogP contribution is 2.20. The Bertz CT molecular complexity index is 294. The van der Waals surface area contributed by atoms with Gasteiger partial charge in [0.2, 0.25) is 0 Å². The lowest BCUT2D eigenvalue weighted by molar-refractivity contribution is -0.138. The van der Waals surface area contributed by atoms with Crippen LogP contribution < -0.4 is 0 Å². The molecular weight excluding hydrogens is 244 g/mol. The average Bonchev–Trinajstić information content (AvgIpc) is 2.53. The molecule has 19 heavy (non-hydrogen) atoms. The fourth-order valence-corrected chi connectivity index (χ4v) is 2.70. The molecule has 0 bridgehead atoms. The number of carboxylic acid groups (broad SMARTS) is 1. The molecule has 1 atom stereocenters. The van der Waals surface area contributed by atoms with Crippen molar-refractivity contribution >= 4 is 5.97 Å². The lowest BCUT2D eigenvalue weighted by Gasteiger charge is -2.33. The van der Waals surface area contributed by atoms with Crippen molar-refractivity contribution in [2.24, 2.45) is 0 Å². The Morgan fingerprint density at radius 3 is 2.58 bits per heavy atom. The van der Waals surface area contributed by atoms with E-state index in [1.165, 1.54) is 0 Å². The molecule has 1 rings (SSSR count). The smallest absolute Gasteiger partial charge is 0.317 e. The summed E-state index contributed by atoms with van der Waals surface area (Å²) in [6, 6.07) is 0.458. The molecule has 1 heterocycles. The number of carboxylic acids is 1. The van der Waals surface area contributed by atoms with Crippen molar-refractivity contribution in [1.82, 2.24) is 9.80 Å². The Morgan fingerprint density at radius 2 is 2.00 bits per heavy atom. The van der Waals surface area contributed by atoms with Gasteiger partial charge < -0.3 is 9.84 Å². The molecule has 5 nitrogen and oxygen atoms in total. The Kier molecular flexibility index (Phi) is 6.23. The predicted octanol–water partition coefficient (Wildman–Crippen LogP) is 1.28. The summed E-state index contributed by atoms with van der Waals surface area (Å²) in [6.07, 6.45) is 2.02. The average molecular weight is 272 g/mol. The maximum Gasteiger partial charge on any atom is 0.317 e. The monoisotopic (exact) mass is 272 g/mol. The lowest BCUT2D eigenvalue weighted by atomic mass is 9.98. The molecule has 0 aromatic carbocycles. The Hall–Kier alpha value is -0.650. The minimum absolute atomic E-state index is 0.105. The van der Waals surface area contributed by atoms with Crippen molar-refractivity contribution in [1.29, 1.82) is 0 Å². The van der Waals surface area contributed by atoms with Crippen LogP contribution in [0.3, 0.4) is 0 Å². The molecule has 1 aliphatic heterocycles. The molecule has 112 valence electrons. The fourth-order valence-electron chi connectivity index (χ4n) is 2.70. The molecule has 0 amide bonds. The fraction of sp³-hybridized carbons (Fsp3) is 0.929. The first-order valence-electron chi connectivity index (χ1n) is 7.07. The highest BCUT2D eigenvalue weighted by molar-refractivity contribution is 5.69. The minimum Gasteiger partial charge on any atom is -0.480 e. The van der Waals surface area contributed by atoms with Crippen LogP contribution in [0.15, 0.2) is 0 Å². The number of hydrogen-bond acceptors (Lipinski definition) is 4. The topological polar surface area (TPSA) is 53.0 Å². The summed E-state index contributed by atoms with van der Waals surface area (Å²) in [5.74, 6) is -0.734. The maximum absolute atomic E-state index is 10.7. The molecular formula is C14H28N2O3. The van der Waals surface area contributed by atoms with Gasteiger partial charge in [-0.15, -0.1) is 0 Å². The van der Waals surface area contributed by atoms with Gasteiger partial charge in [-0.1, -0.05) is 0 Å². The molecule has 0 aliphatic carbocycles. The van der Waals surface area contributed by atoms with Crippen molar-refractivity contribution in [3.63, 3.8) is 0 Å². The number of ether oxygens (including phenoxy) is 1. The zero-order chi connectivity index (χ0) is 14.5. The molecule has 0 saturated carbocycles. The first kappa shape index (κ1) is 16.4. The summed E-state index contributed by atoms with van der Waals surface area (Å²) in [5.41, 5.74) is -0.105. The first-order valence-corrected chi connectivity index (χ1v) is 7.07. The number of aliphatic carboxylic acids is 1. The molecule has 1 fully saturated rings. The third-order valence-electron chi connectivity index (χ3n) is 3.94. The number of hydrogen-bond donors (Lipinski definition) is 1. The van der Waals surface area contributed by atoms with E-state index in [4.69, 9.17) is 9.84 Å². The van der Waals surface area contributed by atoms with Crippen LogP contribution in [0.5, 0.6) is 0 Å². The second-order valence-corrected chi connectivity index (χ2v) is 6.08. The molecule has 5 heteroatoms. The van der Waals surface area contributed by atoms with E-state index in [2.05, 4.69) is 25.7 Å². The zero-order valence-electron chi connectivity index (χ0n) is 12.7. The quantitative estimate of drug-likeness (QED) is 0.789. The van der Waals surface area contributed by atoms with Crippen LogP contribution in [0.1, 0.15) is 33.6 Å². The van der Waals surface area contributed by atoms with E-state index in [1.54, 1.807) is 7.11 Å². The van der Waals surface area contributed by atoms with Gasteiger partial charge in [0, 0.05) is 32.8 Å². The Labute approximate surface area is 116 Å². The molecule has 1 saturated heterocycles. The van der Waals surface area contributed by atoms with Crippen molar-refractivity contribution < 1.29 is 14.6 Å². The van der Waals surface area contributed by atoms with Gasteiger partial charge >= 0.3 is 5.97 Å². The molecule has 0 aromatic heterocycles. The van der Waals surface area contributed by atoms with E-state index in [0.29, 0.717) is 6.04 Å². The van der Waals surface area contributed by atoms with Gasteiger partial charge in [-0.05, 0) is 40.2 Å². The van der Waals surface area contributed by atoms with Crippen molar-refractivity contribution in [2.45, 2.75) is 45.3 Å². The van der Waals surface area contributed by atoms with E-state index < -0.39 is 5.97 Å². The van der Waals surface area contributed by atoms with Crippen LogP contribution in [0.25, 0.3) is 0 Å². The van der Waals surface area contributed by atoms with E-state index >= 15 is 0 Å². The van der Waals surface area contributed by atoms with Gasteiger partial charge in [0.15, 0.2) is 0 Å². The van der Waals surface area contributed by atoms with Gasteiger partial charge in [0.05, 0.1) is 12.1 Å². The van der Waals surface area contributed by atoms with Crippen molar-refractivity contribution in [3.05, 3.63) is 0 Å². The summed E-state index contributed by atoms with van der Waals surface area (Å²) in [7, 11) is 1.75. The maximum atomic E-state index is 10.7. The van der Waals surface area contributed by atoms with Crippen LogP contribution in [0.4, 0.5) is 0 Å². The molecule has 0 spiro atoms. The van der Waals surface area contributed by atoms with Crippen LogP contribution >= 0.6 is 0 Å². The second-order valence-electron chi connectivity index (χ2n) is 6.08. The van der Waals surface area contributed by atoms with E-state index in [1.807, 2.05) is 4.90 Å². The van der Waals surface area contributed by atoms with Crippen molar-refractivity contribution in [3.8, 4) is 0 Å². The van der Waals surface area contributed by atoms with Crippen LogP contribution in [-0.4, -0.2) is 72.4 Å². The molecule has 1 N–H and O–H groups in total. The summed E-state index contributed by atoms with van der Waals surface area (Å²) < 4.78 is 5.49. The van der Waals surface area contributed by atoms with Crippen LogP contribution in [-0.2, 0) is 9.53 Å². The molecule has 1 aliphatic rings. The number of rotatable bonds is 6. The third kappa shape index (κ3) is 5.89. The molecule has 1 unspecified atom stereocenters. The Balaban J connectivity index is 2.45. The van der Waals surface area contributed by atoms with Gasteiger partial charge in [-0.25, -0.2) is 0 Å². The van der Waals surface area contributed by atoms with Crippen molar-refractivity contribution in [2.75, 3.05) is 39.8 Å². The summed E-state index contributed by atoms with van der Waals surface area (Å²) in [6.45, 7) is 10.3. The second kappa shape index (κ2) is 7.22. The predicted molar refractivity (Wildman–Crippen MR) is 75.4 cm³/mol. The SMILES string of the molecule is COC(C)(C)CC(C)N1CCCN(CC(=O)O)CC1. The van der Waals surface area contributed by atoms with E-state index in [0.717, 1.165) is 39.0 Å². The number of carbonyl (C=O) groups is 1. The minimum atomic E-state index is -0.734. The van der Waals surface area contributed by atoms with Gasteiger partial charge in [0.1, 0.15) is 0 Å². The number of methoxy groups -OCH3 is 1. The standard InChI is InChI=1S/C14H28N2O3/c1-12(10-14(2,3)19-4)16-7-5-6-15(8-9-16)11-13(17)18/h12H,5-11H2,1-4H3,(H,17,18). The summed E-state index contributed by atoms with van der Waals surface area (Å²) >= 11 is 0. The van der Waals surface area contributed by atoms with Gasteiger partial charge in [-0.2, -0.15) is 0 Å². The molecule has 0 aromatic rings. The van der Waals surface area contributed by atoms with Gasteiger partial charge in [0.25, 0.3) is 0 Å². The third-order valence-corrected chi connectivity index (χ3v) is 3.94. The normalized spacial score (nSPS) is 21.1. The van der Waals surface area contributed by atoms with E-state index in [-0.39, 0.29) is 12.1 Å².